The lowest BCUT2D eigenvalue weighted by molar-refractivity contribution is 1.28. The van der Waals surface area contributed by atoms with E-state index in [9.17, 15) is 0 Å². The summed E-state index contributed by atoms with van der Waals surface area (Å²) in [5, 5.41) is 4.92. The molecule has 1 nitrogen and oxygen atoms in total. The van der Waals surface area contributed by atoms with Crippen LogP contribution in [0, 0.1) is 6.92 Å². The summed E-state index contributed by atoms with van der Waals surface area (Å²) in [6.45, 7) is 2.13. The van der Waals surface area contributed by atoms with Crippen molar-refractivity contribution in [3.8, 4) is 44.5 Å². The number of fused-ring (bicyclic) bond motifs is 2. The molecule has 0 radical (unpaired) electrons. The maximum absolute atomic E-state index is 2.43. The van der Waals surface area contributed by atoms with Crippen LogP contribution in [0.5, 0.6) is 0 Å². The number of hydrogen-bond donors (Lipinski definition) is 0. The summed E-state index contributed by atoms with van der Waals surface area (Å²) < 4.78 is 0. The minimum Gasteiger partial charge on any atom is -0.310 e. The molecule has 9 aromatic rings. The second-order valence-corrected chi connectivity index (χ2v) is 13.4. The van der Waals surface area contributed by atoms with Gasteiger partial charge in [0.25, 0.3) is 0 Å². The second kappa shape index (κ2) is 13.5. The quantitative estimate of drug-likeness (QED) is 0.164. The van der Waals surface area contributed by atoms with Crippen molar-refractivity contribution in [3.05, 3.63) is 212 Å². The first-order valence-electron chi connectivity index (χ1n) is 17.9. The number of benzene rings is 9. The van der Waals surface area contributed by atoms with Gasteiger partial charge in [0.1, 0.15) is 0 Å². The minimum atomic E-state index is 1.10. The van der Waals surface area contributed by atoms with Crippen molar-refractivity contribution < 1.29 is 0 Å². The third-order valence-electron chi connectivity index (χ3n) is 10.2. The van der Waals surface area contributed by atoms with Gasteiger partial charge in [-0.3, -0.25) is 0 Å². The van der Waals surface area contributed by atoms with Gasteiger partial charge in [-0.25, -0.2) is 0 Å². The number of anilines is 3. The first-order chi connectivity index (χ1) is 25.7. The molecule has 0 aliphatic carbocycles. The molecule has 52 heavy (non-hydrogen) atoms. The second-order valence-electron chi connectivity index (χ2n) is 13.4. The molecular weight excluding hydrogens is 627 g/mol. The highest BCUT2D eigenvalue weighted by molar-refractivity contribution is 6.09. The van der Waals surface area contributed by atoms with Gasteiger partial charge in [-0.05, 0) is 97.7 Å². The molecule has 0 heterocycles. The number of nitrogens with zero attached hydrogens (tertiary/aromatic N) is 1. The van der Waals surface area contributed by atoms with Crippen molar-refractivity contribution in [1.29, 1.82) is 0 Å². The van der Waals surface area contributed by atoms with Crippen LogP contribution in [0.25, 0.3) is 66.1 Å². The van der Waals surface area contributed by atoms with Crippen LogP contribution in [-0.2, 0) is 0 Å². The van der Waals surface area contributed by atoms with Gasteiger partial charge in [-0.1, -0.05) is 181 Å². The van der Waals surface area contributed by atoms with Gasteiger partial charge in [-0.15, -0.1) is 0 Å². The Labute approximate surface area is 305 Å². The minimum absolute atomic E-state index is 1.10. The van der Waals surface area contributed by atoms with Gasteiger partial charge in [0.15, 0.2) is 0 Å². The molecule has 0 bridgehead atoms. The summed E-state index contributed by atoms with van der Waals surface area (Å²) in [4.78, 5) is 2.43. The maximum Gasteiger partial charge on any atom is 0.0546 e. The molecule has 0 aromatic heterocycles. The third kappa shape index (κ3) is 5.83. The zero-order valence-electron chi connectivity index (χ0n) is 29.1. The van der Waals surface area contributed by atoms with Gasteiger partial charge < -0.3 is 4.90 Å². The van der Waals surface area contributed by atoms with Crippen LogP contribution in [0.2, 0.25) is 0 Å². The van der Waals surface area contributed by atoms with Crippen LogP contribution in [0.1, 0.15) is 5.56 Å². The van der Waals surface area contributed by atoms with Crippen molar-refractivity contribution >= 4 is 38.6 Å². The SMILES string of the molecule is Cc1ccc(-c2ccc(N(c3ccc(-c4ccccc4)cc3)c3cccc(-c4cccc5ccccc45)c3-c3cccc4ccccc34)cc2)cc1. The lowest BCUT2D eigenvalue weighted by Gasteiger charge is -2.30. The molecule has 0 aliphatic rings. The van der Waals surface area contributed by atoms with E-state index < -0.39 is 0 Å². The fourth-order valence-corrected chi connectivity index (χ4v) is 7.55. The lowest BCUT2D eigenvalue weighted by Crippen LogP contribution is -2.12. The first kappa shape index (κ1) is 31.3. The molecule has 246 valence electrons. The summed E-state index contributed by atoms with van der Waals surface area (Å²) in [5.74, 6) is 0. The normalized spacial score (nSPS) is 11.2. The predicted molar refractivity (Wildman–Crippen MR) is 223 cm³/mol. The van der Waals surface area contributed by atoms with E-state index in [0.717, 1.165) is 17.1 Å². The van der Waals surface area contributed by atoms with Crippen LogP contribution < -0.4 is 4.90 Å². The van der Waals surface area contributed by atoms with Crippen LogP contribution in [0.3, 0.4) is 0 Å². The van der Waals surface area contributed by atoms with Crippen molar-refractivity contribution in [2.45, 2.75) is 6.92 Å². The smallest absolute Gasteiger partial charge is 0.0546 e. The molecule has 0 N–H and O–H groups in total. The Hall–Kier alpha value is -6.70. The number of hydrogen-bond acceptors (Lipinski definition) is 1. The first-order valence-corrected chi connectivity index (χ1v) is 17.9. The fraction of sp³-hybridized carbons (Fsp3) is 0.0196. The molecule has 0 fully saturated rings. The highest BCUT2D eigenvalue weighted by Crippen LogP contribution is 2.48. The molecule has 0 saturated carbocycles. The van der Waals surface area contributed by atoms with Gasteiger partial charge in [0, 0.05) is 16.9 Å². The largest absolute Gasteiger partial charge is 0.310 e. The molecule has 0 unspecified atom stereocenters. The molecule has 0 spiro atoms. The van der Waals surface area contributed by atoms with Crippen LogP contribution in [-0.4, -0.2) is 0 Å². The summed E-state index contributed by atoms with van der Waals surface area (Å²) >= 11 is 0. The maximum atomic E-state index is 2.43. The van der Waals surface area contributed by atoms with E-state index in [1.807, 2.05) is 0 Å². The fourth-order valence-electron chi connectivity index (χ4n) is 7.55. The van der Waals surface area contributed by atoms with E-state index in [4.69, 9.17) is 0 Å². The number of rotatable bonds is 7. The summed E-state index contributed by atoms with van der Waals surface area (Å²) in [6.07, 6.45) is 0. The molecule has 0 atom stereocenters. The third-order valence-corrected chi connectivity index (χ3v) is 10.2. The molecule has 9 aromatic carbocycles. The van der Waals surface area contributed by atoms with Gasteiger partial charge in [0.2, 0.25) is 0 Å². The predicted octanol–water partition coefficient (Wildman–Crippen LogP) is 14.4. The molecule has 0 saturated heterocycles. The Morgan fingerprint density at radius 2 is 0.731 bits per heavy atom. The zero-order valence-corrected chi connectivity index (χ0v) is 29.1. The monoisotopic (exact) mass is 663 g/mol. The zero-order chi connectivity index (χ0) is 34.9. The van der Waals surface area contributed by atoms with E-state index in [0.29, 0.717) is 0 Å². The average molecular weight is 664 g/mol. The molecule has 0 aliphatic heterocycles. The molecule has 9 rings (SSSR count). The Balaban J connectivity index is 1.31. The van der Waals surface area contributed by atoms with Gasteiger partial charge >= 0.3 is 0 Å². The van der Waals surface area contributed by atoms with Crippen molar-refractivity contribution in [3.63, 3.8) is 0 Å². The summed E-state index contributed by atoms with van der Waals surface area (Å²) in [5.41, 5.74) is 14.2. The number of aryl methyl sites for hydroxylation is 1. The van der Waals surface area contributed by atoms with E-state index in [1.54, 1.807) is 0 Å². The summed E-state index contributed by atoms with van der Waals surface area (Å²) in [6, 6.07) is 75.0. The molecule has 0 amide bonds. The van der Waals surface area contributed by atoms with Gasteiger partial charge in [-0.2, -0.15) is 0 Å². The average Bonchev–Trinajstić information content (AvgIpc) is 3.22. The Bertz CT molecular complexity index is 2640. The van der Waals surface area contributed by atoms with E-state index in [2.05, 4.69) is 218 Å². The highest BCUT2D eigenvalue weighted by Gasteiger charge is 2.23. The highest BCUT2D eigenvalue weighted by atomic mass is 15.1. The van der Waals surface area contributed by atoms with Crippen LogP contribution >= 0.6 is 0 Å². The molecular formula is C51H37N. The van der Waals surface area contributed by atoms with Gasteiger partial charge in [0.05, 0.1) is 5.69 Å². The van der Waals surface area contributed by atoms with E-state index in [-0.39, 0.29) is 0 Å². The Morgan fingerprint density at radius 3 is 1.33 bits per heavy atom. The van der Waals surface area contributed by atoms with Crippen LogP contribution in [0.4, 0.5) is 17.1 Å². The van der Waals surface area contributed by atoms with E-state index in [1.165, 1.54) is 71.6 Å². The Morgan fingerprint density at radius 1 is 0.308 bits per heavy atom. The standard InChI is InChI=1S/C51H37N/c1-36-24-26-38(27-25-36)40-30-34-44(35-31-40)52(43-32-28-39(29-33-43)37-12-3-2-4-13-37)50-23-11-22-49(47-20-9-16-41-14-5-7-18-45(41)47)51(50)48-21-10-17-42-15-6-8-19-46(42)48/h2-35H,1H3. The topological polar surface area (TPSA) is 3.24 Å². The van der Waals surface area contributed by atoms with Crippen molar-refractivity contribution in [1.82, 2.24) is 0 Å². The van der Waals surface area contributed by atoms with Crippen molar-refractivity contribution in [2.75, 3.05) is 4.90 Å². The van der Waals surface area contributed by atoms with Crippen LogP contribution in [0.15, 0.2) is 206 Å². The van der Waals surface area contributed by atoms with E-state index >= 15 is 0 Å². The Kier molecular flexibility index (Phi) is 8.15. The van der Waals surface area contributed by atoms with Crippen molar-refractivity contribution in [2.24, 2.45) is 0 Å². The molecule has 1 heteroatoms. The summed E-state index contributed by atoms with van der Waals surface area (Å²) in [7, 11) is 0. The lowest BCUT2D eigenvalue weighted by atomic mass is 9.87.